The first-order valence-corrected chi connectivity index (χ1v) is 8.73. The van der Waals surface area contributed by atoms with Gasteiger partial charge in [0.25, 0.3) is 0 Å². The lowest BCUT2D eigenvalue weighted by molar-refractivity contribution is -0.127. The van der Waals surface area contributed by atoms with Crippen molar-refractivity contribution in [3.05, 3.63) is 36.5 Å². The zero-order chi connectivity index (χ0) is 16.8. The molecule has 128 valence electrons. The largest absolute Gasteiger partial charge is 0.491 e. The molecule has 1 aliphatic carbocycles. The molecule has 1 fully saturated rings. The first kappa shape index (κ1) is 16.7. The first-order valence-electron chi connectivity index (χ1n) is 8.73. The fourth-order valence-electron chi connectivity index (χ4n) is 3.23. The van der Waals surface area contributed by atoms with Gasteiger partial charge < -0.3 is 15.8 Å². The number of nitrogens with two attached hydrogens (primary N) is 1. The van der Waals surface area contributed by atoms with Crippen LogP contribution in [0.15, 0.2) is 36.5 Å². The number of para-hydroxylation sites is 1. The molecule has 1 aliphatic rings. The lowest BCUT2D eigenvalue weighted by atomic mass is 9.82. The maximum Gasteiger partial charge on any atom is 0.240 e. The van der Waals surface area contributed by atoms with Gasteiger partial charge in [-0.2, -0.15) is 0 Å². The predicted molar refractivity (Wildman–Crippen MR) is 94.9 cm³/mol. The van der Waals surface area contributed by atoms with Crippen molar-refractivity contribution < 1.29 is 9.53 Å². The van der Waals surface area contributed by atoms with Gasteiger partial charge in [-0.1, -0.05) is 37.5 Å². The van der Waals surface area contributed by atoms with Crippen LogP contribution < -0.4 is 15.8 Å². The molecule has 0 spiro atoms. The van der Waals surface area contributed by atoms with Crippen molar-refractivity contribution >= 4 is 16.8 Å². The maximum absolute atomic E-state index is 12.2. The Hall–Kier alpha value is -2.14. The molecule has 1 aromatic heterocycles. The van der Waals surface area contributed by atoms with Gasteiger partial charge in [0.2, 0.25) is 5.91 Å². The average Bonchev–Trinajstić information content (AvgIpc) is 2.62. The van der Waals surface area contributed by atoms with E-state index < -0.39 is 5.54 Å². The van der Waals surface area contributed by atoms with Gasteiger partial charge in [-0.3, -0.25) is 9.78 Å². The number of ether oxygens (including phenoxy) is 1. The van der Waals surface area contributed by atoms with E-state index >= 15 is 0 Å². The summed E-state index contributed by atoms with van der Waals surface area (Å²) in [5.41, 5.74) is 6.42. The second-order valence-electron chi connectivity index (χ2n) is 6.51. The molecular formula is C19H25N3O2. The number of nitrogens with one attached hydrogen (secondary N) is 1. The molecule has 0 aliphatic heterocycles. The zero-order valence-corrected chi connectivity index (χ0v) is 14.0. The molecule has 2 aromatic rings. The molecule has 1 heterocycles. The molecule has 0 atom stereocenters. The Morgan fingerprint density at radius 1 is 1.21 bits per heavy atom. The Bertz CT molecular complexity index is 691. The summed E-state index contributed by atoms with van der Waals surface area (Å²) in [4.78, 5) is 16.6. The minimum atomic E-state index is -0.668. The van der Waals surface area contributed by atoms with Crippen molar-refractivity contribution in [1.29, 1.82) is 0 Å². The van der Waals surface area contributed by atoms with Crippen LogP contribution in [0.25, 0.3) is 10.9 Å². The normalized spacial score (nSPS) is 16.7. The fourth-order valence-corrected chi connectivity index (χ4v) is 3.23. The summed E-state index contributed by atoms with van der Waals surface area (Å²) >= 11 is 0. The van der Waals surface area contributed by atoms with Gasteiger partial charge in [0, 0.05) is 18.1 Å². The Labute approximate surface area is 142 Å². The van der Waals surface area contributed by atoms with Crippen molar-refractivity contribution in [2.75, 3.05) is 13.2 Å². The number of benzene rings is 1. The van der Waals surface area contributed by atoms with Crippen LogP contribution in [0.5, 0.6) is 5.75 Å². The number of carbonyl (C=O) groups is 1. The van der Waals surface area contributed by atoms with Gasteiger partial charge in [0.15, 0.2) is 0 Å². The van der Waals surface area contributed by atoms with E-state index in [0.717, 1.165) is 48.8 Å². The van der Waals surface area contributed by atoms with Crippen LogP contribution in [0.4, 0.5) is 0 Å². The predicted octanol–water partition coefficient (Wildman–Crippen LogP) is 2.78. The number of hydrogen-bond donors (Lipinski definition) is 2. The lowest BCUT2D eigenvalue weighted by Crippen LogP contribution is -2.55. The molecule has 5 nitrogen and oxygen atoms in total. The third kappa shape index (κ3) is 3.85. The van der Waals surface area contributed by atoms with E-state index in [1.807, 2.05) is 30.3 Å². The van der Waals surface area contributed by atoms with E-state index in [-0.39, 0.29) is 5.91 Å². The quantitative estimate of drug-likeness (QED) is 0.800. The highest BCUT2D eigenvalue weighted by molar-refractivity contribution is 5.86. The van der Waals surface area contributed by atoms with Crippen molar-refractivity contribution in [1.82, 2.24) is 10.3 Å². The molecule has 0 radical (unpaired) electrons. The third-order valence-corrected chi connectivity index (χ3v) is 4.66. The van der Waals surface area contributed by atoms with Gasteiger partial charge in [-0.15, -0.1) is 0 Å². The molecule has 0 bridgehead atoms. The van der Waals surface area contributed by atoms with E-state index in [2.05, 4.69) is 10.3 Å². The molecule has 0 unspecified atom stereocenters. The van der Waals surface area contributed by atoms with Gasteiger partial charge >= 0.3 is 0 Å². The number of carbonyl (C=O) groups excluding carboxylic acids is 1. The SMILES string of the molecule is NC1(C(=O)NCCCOc2cccc3cccnc23)CCCCC1. The number of fused-ring (bicyclic) bond motifs is 1. The van der Waals surface area contributed by atoms with Crippen LogP contribution in [0.3, 0.4) is 0 Å². The van der Waals surface area contributed by atoms with Crippen molar-refractivity contribution in [2.24, 2.45) is 5.73 Å². The number of amides is 1. The van der Waals surface area contributed by atoms with Crippen LogP contribution >= 0.6 is 0 Å². The van der Waals surface area contributed by atoms with E-state index in [0.29, 0.717) is 13.2 Å². The fraction of sp³-hybridized carbons (Fsp3) is 0.474. The van der Waals surface area contributed by atoms with E-state index in [4.69, 9.17) is 10.5 Å². The second-order valence-corrected chi connectivity index (χ2v) is 6.51. The minimum absolute atomic E-state index is 0.0194. The Morgan fingerprint density at radius 2 is 2.00 bits per heavy atom. The van der Waals surface area contributed by atoms with E-state index in [1.54, 1.807) is 6.20 Å². The molecule has 1 saturated carbocycles. The molecule has 0 saturated heterocycles. The van der Waals surface area contributed by atoms with Crippen LogP contribution in [0.2, 0.25) is 0 Å². The summed E-state index contributed by atoms with van der Waals surface area (Å²) in [5, 5.41) is 4.02. The van der Waals surface area contributed by atoms with Gasteiger partial charge in [0.05, 0.1) is 12.1 Å². The van der Waals surface area contributed by atoms with Crippen molar-refractivity contribution in [3.63, 3.8) is 0 Å². The highest BCUT2D eigenvalue weighted by atomic mass is 16.5. The lowest BCUT2D eigenvalue weighted by Gasteiger charge is -2.31. The monoisotopic (exact) mass is 327 g/mol. The molecule has 1 amide bonds. The van der Waals surface area contributed by atoms with Crippen molar-refractivity contribution in [2.45, 2.75) is 44.1 Å². The summed E-state index contributed by atoms with van der Waals surface area (Å²) in [6.45, 7) is 1.11. The minimum Gasteiger partial charge on any atom is -0.491 e. The highest BCUT2D eigenvalue weighted by Crippen LogP contribution is 2.26. The highest BCUT2D eigenvalue weighted by Gasteiger charge is 2.34. The van der Waals surface area contributed by atoms with Gasteiger partial charge in [-0.25, -0.2) is 0 Å². The van der Waals surface area contributed by atoms with Crippen LogP contribution in [0, 0.1) is 0 Å². The topological polar surface area (TPSA) is 77.2 Å². The molecule has 5 heteroatoms. The molecule has 3 N–H and O–H groups in total. The first-order chi connectivity index (χ1) is 11.7. The van der Waals surface area contributed by atoms with Crippen LogP contribution in [-0.4, -0.2) is 29.6 Å². The average molecular weight is 327 g/mol. The number of hydrogen-bond acceptors (Lipinski definition) is 4. The second kappa shape index (κ2) is 7.62. The summed E-state index contributed by atoms with van der Waals surface area (Å²) in [5.74, 6) is 0.760. The van der Waals surface area contributed by atoms with Crippen LogP contribution in [-0.2, 0) is 4.79 Å². The van der Waals surface area contributed by atoms with E-state index in [1.165, 1.54) is 6.42 Å². The number of pyridine rings is 1. The summed E-state index contributed by atoms with van der Waals surface area (Å²) in [6.07, 6.45) is 7.35. The van der Waals surface area contributed by atoms with E-state index in [9.17, 15) is 4.79 Å². The van der Waals surface area contributed by atoms with Crippen LogP contribution in [0.1, 0.15) is 38.5 Å². The molecule has 3 rings (SSSR count). The van der Waals surface area contributed by atoms with Gasteiger partial charge in [-0.05, 0) is 31.4 Å². The number of nitrogens with zero attached hydrogens (tertiary/aromatic N) is 1. The molecule has 1 aromatic carbocycles. The Morgan fingerprint density at radius 3 is 2.83 bits per heavy atom. The smallest absolute Gasteiger partial charge is 0.240 e. The zero-order valence-electron chi connectivity index (χ0n) is 14.0. The molecular weight excluding hydrogens is 302 g/mol. The summed E-state index contributed by atoms with van der Waals surface area (Å²) < 4.78 is 5.83. The number of rotatable bonds is 6. The summed E-state index contributed by atoms with van der Waals surface area (Å²) in [6, 6.07) is 9.82. The molecule has 24 heavy (non-hydrogen) atoms. The standard InChI is InChI=1S/C19H25N3O2/c20-19(10-2-1-3-11-19)18(23)22-13-6-14-24-16-9-4-7-15-8-5-12-21-17(15)16/h4-5,7-9,12H,1-3,6,10-11,13-14,20H2,(H,22,23). The third-order valence-electron chi connectivity index (χ3n) is 4.66. The Balaban J connectivity index is 1.44. The van der Waals surface area contributed by atoms with Gasteiger partial charge in [0.1, 0.15) is 11.3 Å². The Kier molecular flexibility index (Phi) is 5.30. The van der Waals surface area contributed by atoms with Crippen molar-refractivity contribution in [3.8, 4) is 5.75 Å². The number of aromatic nitrogens is 1. The summed E-state index contributed by atoms with van der Waals surface area (Å²) in [7, 11) is 0. The maximum atomic E-state index is 12.2.